The van der Waals surface area contributed by atoms with E-state index in [9.17, 15) is 4.79 Å². The number of aromatic nitrogens is 5. The number of aryl methyl sites for hydroxylation is 1. The zero-order chi connectivity index (χ0) is 13.7. The molecular weight excluding hydrogens is 244 g/mol. The molecule has 7 heteroatoms. The number of amides is 1. The van der Waals surface area contributed by atoms with Crippen LogP contribution < -0.4 is 5.32 Å². The Morgan fingerprint density at radius 3 is 3.05 bits per heavy atom. The third-order valence-electron chi connectivity index (χ3n) is 2.73. The molecule has 0 saturated heterocycles. The van der Waals surface area contributed by atoms with Crippen LogP contribution in [0.2, 0.25) is 0 Å². The molecule has 1 atom stereocenters. The van der Waals surface area contributed by atoms with E-state index in [0.29, 0.717) is 0 Å². The van der Waals surface area contributed by atoms with Gasteiger partial charge in [-0.2, -0.15) is 5.10 Å². The Labute approximate surface area is 111 Å². The zero-order valence-corrected chi connectivity index (χ0v) is 11.2. The smallest absolute Gasteiger partial charge is 0.240 e. The van der Waals surface area contributed by atoms with Crippen molar-refractivity contribution in [2.24, 2.45) is 0 Å². The lowest BCUT2D eigenvalue weighted by Gasteiger charge is -2.14. The fraction of sp³-hybridized carbons (Fsp3) is 0.500. The van der Waals surface area contributed by atoms with Gasteiger partial charge in [-0.1, -0.05) is 6.92 Å². The van der Waals surface area contributed by atoms with Crippen molar-refractivity contribution in [3.05, 3.63) is 30.9 Å². The predicted molar refractivity (Wildman–Crippen MR) is 69.1 cm³/mol. The normalized spacial score (nSPS) is 12.3. The number of carbonyl (C=O) groups is 1. The molecule has 0 aromatic carbocycles. The van der Waals surface area contributed by atoms with E-state index in [1.165, 1.54) is 6.33 Å². The predicted octanol–water partition coefficient (Wildman–Crippen LogP) is 0.762. The van der Waals surface area contributed by atoms with Crippen LogP contribution in [0.5, 0.6) is 0 Å². The maximum absolute atomic E-state index is 11.9. The quantitative estimate of drug-likeness (QED) is 0.833. The zero-order valence-electron chi connectivity index (χ0n) is 11.2. The molecule has 0 bridgehead atoms. The second-order valence-corrected chi connectivity index (χ2v) is 4.37. The summed E-state index contributed by atoms with van der Waals surface area (Å²) in [5.41, 5.74) is 0. The molecule has 2 heterocycles. The van der Waals surface area contributed by atoms with E-state index in [2.05, 4.69) is 27.3 Å². The van der Waals surface area contributed by atoms with Crippen LogP contribution in [0.15, 0.2) is 25.0 Å². The Morgan fingerprint density at radius 2 is 2.37 bits per heavy atom. The van der Waals surface area contributed by atoms with Gasteiger partial charge in [0.25, 0.3) is 0 Å². The highest BCUT2D eigenvalue weighted by molar-refractivity contribution is 5.76. The molecule has 0 aliphatic rings. The third kappa shape index (κ3) is 3.40. The molecule has 1 N–H and O–H groups in total. The number of hydrogen-bond donors (Lipinski definition) is 1. The molecule has 0 aliphatic carbocycles. The Morgan fingerprint density at radius 1 is 1.53 bits per heavy atom. The fourth-order valence-electron chi connectivity index (χ4n) is 1.89. The van der Waals surface area contributed by atoms with Gasteiger partial charge >= 0.3 is 0 Å². The molecule has 0 unspecified atom stereocenters. The summed E-state index contributed by atoms with van der Waals surface area (Å²) in [6.07, 6.45) is 7.51. The second kappa shape index (κ2) is 6.12. The summed E-state index contributed by atoms with van der Waals surface area (Å²) in [6, 6.07) is -0.162. The topological polar surface area (TPSA) is 77.6 Å². The van der Waals surface area contributed by atoms with Crippen molar-refractivity contribution >= 4 is 5.91 Å². The molecule has 0 fully saturated rings. The minimum atomic E-state index is -0.162. The van der Waals surface area contributed by atoms with Crippen LogP contribution in [0, 0.1) is 0 Å². The van der Waals surface area contributed by atoms with Gasteiger partial charge in [0.15, 0.2) is 0 Å². The lowest BCUT2D eigenvalue weighted by molar-refractivity contribution is -0.122. The largest absolute Gasteiger partial charge is 0.345 e. The summed E-state index contributed by atoms with van der Waals surface area (Å²) in [5, 5.41) is 7.06. The number of hydrogen-bond acceptors (Lipinski definition) is 4. The molecule has 7 nitrogen and oxygen atoms in total. The first-order chi connectivity index (χ1) is 9.20. The maximum atomic E-state index is 11.9. The van der Waals surface area contributed by atoms with E-state index in [-0.39, 0.29) is 18.5 Å². The van der Waals surface area contributed by atoms with Gasteiger partial charge in [-0.3, -0.25) is 4.79 Å². The van der Waals surface area contributed by atoms with Crippen molar-refractivity contribution in [2.75, 3.05) is 0 Å². The van der Waals surface area contributed by atoms with Crippen LogP contribution in [-0.4, -0.2) is 30.2 Å². The number of rotatable bonds is 6. The van der Waals surface area contributed by atoms with Crippen LogP contribution in [0.1, 0.15) is 32.1 Å². The van der Waals surface area contributed by atoms with Crippen molar-refractivity contribution in [3.8, 4) is 0 Å². The van der Waals surface area contributed by atoms with Crippen molar-refractivity contribution in [1.82, 2.24) is 29.6 Å². The van der Waals surface area contributed by atoms with Crippen LogP contribution >= 0.6 is 0 Å². The first-order valence-electron chi connectivity index (χ1n) is 6.33. The van der Waals surface area contributed by atoms with E-state index in [1.807, 2.05) is 11.6 Å². The molecule has 1 amide bonds. The van der Waals surface area contributed by atoms with Gasteiger partial charge in [-0.15, -0.1) is 0 Å². The maximum Gasteiger partial charge on any atom is 0.240 e. The molecule has 102 valence electrons. The van der Waals surface area contributed by atoms with E-state index in [1.54, 1.807) is 23.3 Å². The summed E-state index contributed by atoms with van der Waals surface area (Å²) in [5.74, 6) is 0.706. The number of nitrogens with one attached hydrogen (secondary N) is 1. The lowest BCUT2D eigenvalue weighted by Crippen LogP contribution is -2.31. The van der Waals surface area contributed by atoms with Crippen molar-refractivity contribution < 1.29 is 4.79 Å². The highest BCUT2D eigenvalue weighted by Gasteiger charge is 2.15. The number of nitrogens with zero attached hydrogens (tertiary/aromatic N) is 5. The average molecular weight is 262 g/mol. The Balaban J connectivity index is 1.94. The summed E-state index contributed by atoms with van der Waals surface area (Å²) in [6.45, 7) is 5.04. The van der Waals surface area contributed by atoms with Gasteiger partial charge < -0.3 is 9.88 Å². The standard InChI is InChI=1S/C12H18N6O/c1-3-5-18-12(14-8-15-18)10(2)16-11(19)7-17-6-4-13-9-17/h4,6,8-10H,3,5,7H2,1-2H3,(H,16,19)/t10-/m1/s1. The SMILES string of the molecule is CCCn1ncnc1[C@@H](C)NC(=O)Cn1ccnc1. The van der Waals surface area contributed by atoms with Crippen LogP contribution in [0.4, 0.5) is 0 Å². The molecule has 2 aromatic rings. The van der Waals surface area contributed by atoms with Crippen molar-refractivity contribution in [1.29, 1.82) is 0 Å². The van der Waals surface area contributed by atoms with Gasteiger partial charge in [0.1, 0.15) is 18.7 Å². The van der Waals surface area contributed by atoms with Gasteiger partial charge in [0.2, 0.25) is 5.91 Å². The molecule has 0 aliphatic heterocycles. The molecule has 2 rings (SSSR count). The second-order valence-electron chi connectivity index (χ2n) is 4.37. The summed E-state index contributed by atoms with van der Waals surface area (Å²) >= 11 is 0. The first-order valence-corrected chi connectivity index (χ1v) is 6.33. The Hall–Kier alpha value is -2.18. The summed E-state index contributed by atoms with van der Waals surface area (Å²) < 4.78 is 3.54. The first kappa shape index (κ1) is 13.3. The van der Waals surface area contributed by atoms with Gasteiger partial charge in [-0.05, 0) is 13.3 Å². The van der Waals surface area contributed by atoms with Gasteiger partial charge in [0, 0.05) is 18.9 Å². The van der Waals surface area contributed by atoms with Crippen LogP contribution in [0.3, 0.4) is 0 Å². The fourth-order valence-corrected chi connectivity index (χ4v) is 1.89. The average Bonchev–Trinajstić information content (AvgIpc) is 3.00. The van der Waals surface area contributed by atoms with Gasteiger partial charge in [-0.25, -0.2) is 14.6 Å². The minimum Gasteiger partial charge on any atom is -0.345 e. The van der Waals surface area contributed by atoms with Gasteiger partial charge in [0.05, 0.1) is 12.4 Å². The molecule has 0 spiro atoms. The molecule has 19 heavy (non-hydrogen) atoms. The van der Waals surface area contributed by atoms with E-state index < -0.39 is 0 Å². The summed E-state index contributed by atoms with van der Waals surface area (Å²) in [7, 11) is 0. The van der Waals surface area contributed by atoms with Crippen LogP contribution in [0.25, 0.3) is 0 Å². The molecule has 0 saturated carbocycles. The van der Waals surface area contributed by atoms with E-state index in [4.69, 9.17) is 0 Å². The van der Waals surface area contributed by atoms with Crippen LogP contribution in [-0.2, 0) is 17.9 Å². The highest BCUT2D eigenvalue weighted by Crippen LogP contribution is 2.08. The number of imidazole rings is 1. The lowest BCUT2D eigenvalue weighted by atomic mass is 10.3. The monoisotopic (exact) mass is 262 g/mol. The summed E-state index contributed by atoms with van der Waals surface area (Å²) in [4.78, 5) is 20.0. The third-order valence-corrected chi connectivity index (χ3v) is 2.73. The van der Waals surface area contributed by atoms with Crippen molar-refractivity contribution in [3.63, 3.8) is 0 Å². The Bertz CT molecular complexity index is 518. The molecule has 0 radical (unpaired) electrons. The van der Waals surface area contributed by atoms with E-state index in [0.717, 1.165) is 18.8 Å². The van der Waals surface area contributed by atoms with Crippen molar-refractivity contribution in [2.45, 2.75) is 39.4 Å². The van der Waals surface area contributed by atoms with E-state index >= 15 is 0 Å². The highest BCUT2D eigenvalue weighted by atomic mass is 16.2. The molecule has 2 aromatic heterocycles. The Kier molecular flexibility index (Phi) is 4.27. The number of carbonyl (C=O) groups excluding carboxylic acids is 1. The molecular formula is C12H18N6O. The minimum absolute atomic E-state index is 0.0726.